The normalized spacial score (nSPS) is 31.3. The molecule has 0 aromatic carbocycles. The van der Waals surface area contributed by atoms with Crippen LogP contribution in [0.1, 0.15) is 65.2 Å². The van der Waals surface area contributed by atoms with Crippen LogP contribution >= 0.6 is 0 Å². The van der Waals surface area contributed by atoms with E-state index >= 15 is 0 Å². The number of hydrogen-bond acceptors (Lipinski definition) is 2. The van der Waals surface area contributed by atoms with E-state index in [0.717, 1.165) is 18.4 Å². The predicted octanol–water partition coefficient (Wildman–Crippen LogP) is 3.31. The summed E-state index contributed by atoms with van der Waals surface area (Å²) >= 11 is 0. The molecule has 2 rings (SSSR count). The summed E-state index contributed by atoms with van der Waals surface area (Å²) in [4.78, 5) is 0. The Morgan fingerprint density at radius 2 is 1.89 bits per heavy atom. The van der Waals surface area contributed by atoms with Crippen LogP contribution in [-0.2, 0) is 0 Å². The molecule has 0 aromatic rings. The van der Waals surface area contributed by atoms with E-state index in [-0.39, 0.29) is 0 Å². The number of nitrogens with one attached hydrogen (secondary N) is 1. The monoisotopic (exact) mass is 252 g/mol. The Kier molecular flexibility index (Phi) is 5.08. The van der Waals surface area contributed by atoms with Gasteiger partial charge in [0.25, 0.3) is 0 Å². The van der Waals surface area contributed by atoms with Gasteiger partial charge in [-0.15, -0.1) is 0 Å². The largest absolute Gasteiger partial charge is 0.327 e. The zero-order valence-corrected chi connectivity index (χ0v) is 12.4. The molecule has 0 heterocycles. The molecule has 2 aliphatic rings. The van der Waals surface area contributed by atoms with Crippen molar-refractivity contribution in [3.8, 4) is 0 Å². The maximum absolute atomic E-state index is 6.15. The van der Waals surface area contributed by atoms with Crippen LogP contribution in [0.4, 0.5) is 0 Å². The molecule has 2 atom stereocenters. The minimum atomic E-state index is 0.460. The minimum absolute atomic E-state index is 0.460. The van der Waals surface area contributed by atoms with E-state index < -0.39 is 0 Å². The van der Waals surface area contributed by atoms with Crippen LogP contribution in [0, 0.1) is 17.3 Å². The summed E-state index contributed by atoms with van der Waals surface area (Å²) in [5.41, 5.74) is 6.75. The highest BCUT2D eigenvalue weighted by atomic mass is 14.9. The Hall–Kier alpha value is -0.0800. The highest BCUT2D eigenvalue weighted by molar-refractivity contribution is 4.89. The van der Waals surface area contributed by atoms with Crippen LogP contribution in [0.15, 0.2) is 0 Å². The van der Waals surface area contributed by atoms with E-state index in [4.69, 9.17) is 5.73 Å². The summed E-state index contributed by atoms with van der Waals surface area (Å²) in [6, 6.07) is 0.460. The summed E-state index contributed by atoms with van der Waals surface area (Å²) in [7, 11) is 0. The lowest BCUT2D eigenvalue weighted by Gasteiger charge is -2.32. The Morgan fingerprint density at radius 1 is 1.17 bits per heavy atom. The van der Waals surface area contributed by atoms with Crippen molar-refractivity contribution >= 4 is 0 Å². The topological polar surface area (TPSA) is 38.0 Å². The molecule has 2 aliphatic carbocycles. The first kappa shape index (κ1) is 14.3. The smallest absolute Gasteiger partial charge is 0.00792 e. The molecule has 0 saturated heterocycles. The molecule has 3 N–H and O–H groups in total. The third-order valence-electron chi connectivity index (χ3n) is 5.13. The van der Waals surface area contributed by atoms with Gasteiger partial charge in [0.1, 0.15) is 0 Å². The van der Waals surface area contributed by atoms with Gasteiger partial charge in [-0.2, -0.15) is 0 Å². The zero-order chi connectivity index (χ0) is 13.0. The summed E-state index contributed by atoms with van der Waals surface area (Å²) in [5.74, 6) is 1.57. The zero-order valence-electron chi connectivity index (χ0n) is 12.4. The molecular formula is C16H32N2. The molecule has 2 saturated carbocycles. The SMILES string of the molecule is CC(C)CC1(CNCC2CCCC2N)CCCC1. The van der Waals surface area contributed by atoms with Gasteiger partial charge in [0.2, 0.25) is 0 Å². The van der Waals surface area contributed by atoms with Crippen molar-refractivity contribution in [2.24, 2.45) is 23.0 Å². The third kappa shape index (κ3) is 3.71. The molecule has 0 radical (unpaired) electrons. The third-order valence-corrected chi connectivity index (χ3v) is 5.13. The molecule has 2 fully saturated rings. The second-order valence-electron chi connectivity index (χ2n) is 7.29. The van der Waals surface area contributed by atoms with Crippen LogP contribution in [0.25, 0.3) is 0 Å². The van der Waals surface area contributed by atoms with Crippen molar-refractivity contribution in [1.82, 2.24) is 5.32 Å². The average molecular weight is 252 g/mol. The van der Waals surface area contributed by atoms with Gasteiger partial charge in [-0.25, -0.2) is 0 Å². The van der Waals surface area contributed by atoms with Crippen molar-refractivity contribution in [2.45, 2.75) is 71.3 Å². The number of rotatable bonds is 6. The highest BCUT2D eigenvalue weighted by Gasteiger charge is 2.34. The maximum Gasteiger partial charge on any atom is 0.00792 e. The molecule has 0 amide bonds. The van der Waals surface area contributed by atoms with E-state index in [2.05, 4.69) is 19.2 Å². The molecule has 0 spiro atoms. The van der Waals surface area contributed by atoms with Crippen molar-refractivity contribution in [3.05, 3.63) is 0 Å². The quantitative estimate of drug-likeness (QED) is 0.761. The first-order valence-corrected chi connectivity index (χ1v) is 8.08. The lowest BCUT2D eigenvalue weighted by Crippen LogP contribution is -2.39. The van der Waals surface area contributed by atoms with Gasteiger partial charge < -0.3 is 11.1 Å². The van der Waals surface area contributed by atoms with E-state index in [1.54, 1.807) is 0 Å². The molecule has 2 unspecified atom stereocenters. The van der Waals surface area contributed by atoms with Crippen LogP contribution < -0.4 is 11.1 Å². The Balaban J connectivity index is 1.75. The molecule has 18 heavy (non-hydrogen) atoms. The number of hydrogen-bond donors (Lipinski definition) is 2. The van der Waals surface area contributed by atoms with Gasteiger partial charge >= 0.3 is 0 Å². The summed E-state index contributed by atoms with van der Waals surface area (Å²) in [6.45, 7) is 7.12. The van der Waals surface area contributed by atoms with Crippen LogP contribution in [-0.4, -0.2) is 19.1 Å². The van der Waals surface area contributed by atoms with E-state index in [1.165, 1.54) is 57.9 Å². The average Bonchev–Trinajstić information content (AvgIpc) is 2.89. The molecule has 106 valence electrons. The van der Waals surface area contributed by atoms with Gasteiger partial charge in [-0.05, 0) is 55.9 Å². The van der Waals surface area contributed by atoms with Crippen LogP contribution in [0.3, 0.4) is 0 Å². The van der Waals surface area contributed by atoms with Crippen molar-refractivity contribution in [1.29, 1.82) is 0 Å². The molecule has 2 nitrogen and oxygen atoms in total. The Morgan fingerprint density at radius 3 is 2.44 bits per heavy atom. The number of nitrogens with two attached hydrogens (primary N) is 1. The first-order chi connectivity index (χ1) is 8.61. The minimum Gasteiger partial charge on any atom is -0.327 e. The fourth-order valence-electron chi connectivity index (χ4n) is 4.29. The molecule has 0 bridgehead atoms. The Bertz CT molecular complexity index is 243. The van der Waals surface area contributed by atoms with Gasteiger partial charge in [-0.1, -0.05) is 33.1 Å². The van der Waals surface area contributed by atoms with Crippen LogP contribution in [0.5, 0.6) is 0 Å². The molecular weight excluding hydrogens is 220 g/mol. The highest BCUT2D eigenvalue weighted by Crippen LogP contribution is 2.42. The molecule has 0 aliphatic heterocycles. The second kappa shape index (κ2) is 6.38. The fourth-order valence-corrected chi connectivity index (χ4v) is 4.29. The van der Waals surface area contributed by atoms with Gasteiger partial charge in [0, 0.05) is 12.6 Å². The van der Waals surface area contributed by atoms with Gasteiger partial charge in [0.05, 0.1) is 0 Å². The lowest BCUT2D eigenvalue weighted by molar-refractivity contribution is 0.219. The maximum atomic E-state index is 6.15. The van der Waals surface area contributed by atoms with Crippen LogP contribution in [0.2, 0.25) is 0 Å². The first-order valence-electron chi connectivity index (χ1n) is 8.08. The summed E-state index contributed by atoms with van der Waals surface area (Å²) < 4.78 is 0. The fraction of sp³-hybridized carbons (Fsp3) is 1.00. The van der Waals surface area contributed by atoms with E-state index in [1.807, 2.05) is 0 Å². The van der Waals surface area contributed by atoms with Gasteiger partial charge in [-0.3, -0.25) is 0 Å². The van der Waals surface area contributed by atoms with Crippen molar-refractivity contribution in [2.75, 3.05) is 13.1 Å². The van der Waals surface area contributed by atoms with E-state index in [9.17, 15) is 0 Å². The van der Waals surface area contributed by atoms with E-state index in [0.29, 0.717) is 11.5 Å². The lowest BCUT2D eigenvalue weighted by atomic mass is 9.78. The standard InChI is InChI=1S/C16H32N2/c1-13(2)10-16(8-3-4-9-16)12-18-11-14-6-5-7-15(14)17/h13-15,18H,3-12,17H2,1-2H3. The molecule has 0 aromatic heterocycles. The van der Waals surface area contributed by atoms with Gasteiger partial charge in [0.15, 0.2) is 0 Å². The van der Waals surface area contributed by atoms with Crippen molar-refractivity contribution < 1.29 is 0 Å². The second-order valence-corrected chi connectivity index (χ2v) is 7.29. The summed E-state index contributed by atoms with van der Waals surface area (Å²) in [6.07, 6.45) is 11.1. The molecule has 2 heteroatoms. The predicted molar refractivity (Wildman–Crippen MR) is 78.5 cm³/mol. The Labute approximate surface area is 113 Å². The van der Waals surface area contributed by atoms with Crippen molar-refractivity contribution in [3.63, 3.8) is 0 Å². The summed E-state index contributed by atoms with van der Waals surface area (Å²) in [5, 5.41) is 3.77.